The third kappa shape index (κ3) is 3.26. The van der Waals surface area contributed by atoms with Crippen molar-refractivity contribution in [2.45, 2.75) is 38.3 Å². The fourth-order valence-corrected chi connectivity index (χ4v) is 2.40. The van der Waals surface area contributed by atoms with Crippen LogP contribution in [-0.4, -0.2) is 25.7 Å². The molecule has 0 saturated carbocycles. The molecule has 1 aliphatic heterocycles. The van der Waals surface area contributed by atoms with E-state index >= 15 is 0 Å². The normalized spacial score (nSPS) is 20.0. The summed E-state index contributed by atoms with van der Waals surface area (Å²) in [6.07, 6.45) is 2.31. The zero-order valence-electron chi connectivity index (χ0n) is 11.5. The van der Waals surface area contributed by atoms with Gasteiger partial charge in [0, 0.05) is 12.2 Å². The van der Waals surface area contributed by atoms with Crippen LogP contribution in [0.15, 0.2) is 24.3 Å². The van der Waals surface area contributed by atoms with E-state index in [-0.39, 0.29) is 18.1 Å². The molecule has 4 nitrogen and oxygen atoms in total. The Bertz CT molecular complexity index is 427. The second kappa shape index (κ2) is 6.57. The van der Waals surface area contributed by atoms with Crippen LogP contribution in [-0.2, 0) is 9.53 Å². The van der Waals surface area contributed by atoms with E-state index in [0.29, 0.717) is 6.61 Å². The molecule has 0 unspecified atom stereocenters. The molecule has 0 aliphatic carbocycles. The van der Waals surface area contributed by atoms with Gasteiger partial charge in [0.05, 0.1) is 13.2 Å². The average molecular weight is 263 g/mol. The van der Waals surface area contributed by atoms with Crippen molar-refractivity contribution < 1.29 is 14.3 Å². The van der Waals surface area contributed by atoms with E-state index in [9.17, 15) is 4.79 Å². The molecule has 1 aromatic rings. The Kier molecular flexibility index (Phi) is 4.80. The maximum Gasteiger partial charge on any atom is 0.249 e. The number of hydrogen-bond acceptors (Lipinski definition) is 3. The van der Waals surface area contributed by atoms with Crippen molar-refractivity contribution in [3.63, 3.8) is 0 Å². The van der Waals surface area contributed by atoms with E-state index in [1.54, 1.807) is 7.11 Å². The molecule has 1 heterocycles. The van der Waals surface area contributed by atoms with Crippen LogP contribution in [0, 0.1) is 0 Å². The number of benzene rings is 1. The summed E-state index contributed by atoms with van der Waals surface area (Å²) in [5.41, 5.74) is 1.01. The van der Waals surface area contributed by atoms with Gasteiger partial charge in [0.25, 0.3) is 0 Å². The fraction of sp³-hybridized carbons (Fsp3) is 0.533. The monoisotopic (exact) mass is 263 g/mol. The smallest absolute Gasteiger partial charge is 0.249 e. The number of methoxy groups -OCH3 is 1. The van der Waals surface area contributed by atoms with Crippen LogP contribution in [0.4, 0.5) is 0 Å². The number of carbonyl (C=O) groups excluding carboxylic acids is 1. The molecule has 19 heavy (non-hydrogen) atoms. The van der Waals surface area contributed by atoms with Gasteiger partial charge in [-0.25, -0.2) is 0 Å². The molecule has 2 rings (SSSR count). The van der Waals surface area contributed by atoms with Gasteiger partial charge in [-0.2, -0.15) is 0 Å². The second-order valence-electron chi connectivity index (χ2n) is 4.71. The van der Waals surface area contributed by atoms with Gasteiger partial charge in [-0.15, -0.1) is 0 Å². The lowest BCUT2D eigenvalue weighted by Crippen LogP contribution is -2.36. The van der Waals surface area contributed by atoms with Crippen molar-refractivity contribution in [3.05, 3.63) is 29.8 Å². The fourth-order valence-electron chi connectivity index (χ4n) is 2.40. The largest absolute Gasteiger partial charge is 0.496 e. The maximum absolute atomic E-state index is 12.1. The van der Waals surface area contributed by atoms with Crippen LogP contribution in [0.5, 0.6) is 5.75 Å². The summed E-state index contributed by atoms with van der Waals surface area (Å²) in [7, 11) is 1.65. The van der Waals surface area contributed by atoms with Gasteiger partial charge in [-0.1, -0.05) is 25.1 Å². The van der Waals surface area contributed by atoms with Gasteiger partial charge in [-0.05, 0) is 25.3 Å². The van der Waals surface area contributed by atoms with Crippen molar-refractivity contribution in [2.24, 2.45) is 0 Å². The molecule has 0 bridgehead atoms. The first-order valence-electron chi connectivity index (χ1n) is 6.81. The third-order valence-corrected chi connectivity index (χ3v) is 3.46. The Morgan fingerprint density at radius 3 is 2.95 bits per heavy atom. The van der Waals surface area contributed by atoms with E-state index in [2.05, 4.69) is 5.32 Å². The van der Waals surface area contributed by atoms with E-state index in [4.69, 9.17) is 9.47 Å². The highest BCUT2D eigenvalue weighted by molar-refractivity contribution is 5.81. The lowest BCUT2D eigenvalue weighted by Gasteiger charge is -2.21. The molecule has 1 saturated heterocycles. The first-order valence-corrected chi connectivity index (χ1v) is 6.81. The van der Waals surface area contributed by atoms with Crippen LogP contribution < -0.4 is 10.1 Å². The second-order valence-corrected chi connectivity index (χ2v) is 4.71. The minimum atomic E-state index is -0.288. The minimum absolute atomic E-state index is 0.0183. The highest BCUT2D eigenvalue weighted by Crippen LogP contribution is 2.27. The van der Waals surface area contributed by atoms with Crippen molar-refractivity contribution in [3.8, 4) is 5.75 Å². The van der Waals surface area contributed by atoms with Gasteiger partial charge >= 0.3 is 0 Å². The summed E-state index contributed by atoms with van der Waals surface area (Å²) in [5, 5.41) is 3.06. The minimum Gasteiger partial charge on any atom is -0.496 e. The summed E-state index contributed by atoms with van der Waals surface area (Å²) in [6.45, 7) is 2.73. The first kappa shape index (κ1) is 13.9. The molecule has 0 spiro atoms. The van der Waals surface area contributed by atoms with E-state index in [1.807, 2.05) is 31.2 Å². The van der Waals surface area contributed by atoms with E-state index < -0.39 is 0 Å². The standard InChI is InChI=1S/C15H21NO3/c1-3-12(11-7-4-5-8-13(11)18-2)16-15(17)14-9-6-10-19-14/h4-5,7-8,12,14H,3,6,9-10H2,1-2H3,(H,16,17)/t12-,14+/m0/s1. The Balaban J connectivity index is 2.08. The van der Waals surface area contributed by atoms with Gasteiger partial charge in [0.2, 0.25) is 5.91 Å². The molecule has 1 amide bonds. The highest BCUT2D eigenvalue weighted by atomic mass is 16.5. The summed E-state index contributed by atoms with van der Waals surface area (Å²) >= 11 is 0. The maximum atomic E-state index is 12.1. The highest BCUT2D eigenvalue weighted by Gasteiger charge is 2.26. The predicted octanol–water partition coefficient (Wildman–Crippen LogP) is 2.44. The quantitative estimate of drug-likeness (QED) is 0.887. The Labute approximate surface area is 114 Å². The van der Waals surface area contributed by atoms with Gasteiger partial charge < -0.3 is 14.8 Å². The Morgan fingerprint density at radius 2 is 2.32 bits per heavy atom. The summed E-state index contributed by atoms with van der Waals surface area (Å²) < 4.78 is 10.8. The molecule has 2 atom stereocenters. The number of nitrogens with one attached hydrogen (secondary N) is 1. The molecular weight excluding hydrogens is 242 g/mol. The SMILES string of the molecule is CC[C@H](NC(=O)[C@H]1CCCO1)c1ccccc1OC. The van der Waals surface area contributed by atoms with Gasteiger partial charge in [0.1, 0.15) is 11.9 Å². The zero-order chi connectivity index (χ0) is 13.7. The molecular formula is C15H21NO3. The van der Waals surface area contributed by atoms with Crippen LogP contribution in [0.25, 0.3) is 0 Å². The lowest BCUT2D eigenvalue weighted by molar-refractivity contribution is -0.130. The van der Waals surface area contributed by atoms with Crippen LogP contribution >= 0.6 is 0 Å². The van der Waals surface area contributed by atoms with Crippen molar-refractivity contribution in [2.75, 3.05) is 13.7 Å². The number of hydrogen-bond donors (Lipinski definition) is 1. The van der Waals surface area contributed by atoms with E-state index in [1.165, 1.54) is 0 Å². The number of carbonyl (C=O) groups is 1. The molecule has 1 fully saturated rings. The van der Waals surface area contributed by atoms with Crippen LogP contribution in [0.3, 0.4) is 0 Å². The predicted molar refractivity (Wildman–Crippen MR) is 73.1 cm³/mol. The molecule has 1 aliphatic rings. The topological polar surface area (TPSA) is 47.6 Å². The summed E-state index contributed by atoms with van der Waals surface area (Å²) in [4.78, 5) is 12.1. The number of amides is 1. The van der Waals surface area contributed by atoms with Crippen molar-refractivity contribution >= 4 is 5.91 Å². The van der Waals surface area contributed by atoms with E-state index in [0.717, 1.165) is 30.6 Å². The molecule has 1 aromatic carbocycles. The number of para-hydroxylation sites is 1. The lowest BCUT2D eigenvalue weighted by atomic mass is 10.0. The Hall–Kier alpha value is -1.55. The van der Waals surface area contributed by atoms with Gasteiger partial charge in [-0.3, -0.25) is 4.79 Å². The molecule has 1 N–H and O–H groups in total. The molecule has 4 heteroatoms. The first-order chi connectivity index (χ1) is 9.26. The van der Waals surface area contributed by atoms with Crippen molar-refractivity contribution in [1.82, 2.24) is 5.32 Å². The average Bonchev–Trinajstić information content (AvgIpc) is 2.98. The number of rotatable bonds is 5. The third-order valence-electron chi connectivity index (χ3n) is 3.46. The van der Waals surface area contributed by atoms with Crippen molar-refractivity contribution in [1.29, 1.82) is 0 Å². The van der Waals surface area contributed by atoms with Crippen LogP contribution in [0.2, 0.25) is 0 Å². The number of ether oxygens (including phenoxy) is 2. The molecule has 0 radical (unpaired) electrons. The molecule has 104 valence electrons. The van der Waals surface area contributed by atoms with Gasteiger partial charge in [0.15, 0.2) is 0 Å². The zero-order valence-corrected chi connectivity index (χ0v) is 11.5. The Morgan fingerprint density at radius 1 is 1.53 bits per heavy atom. The summed E-state index contributed by atoms with van der Waals surface area (Å²) in [5.74, 6) is 0.789. The summed E-state index contributed by atoms with van der Waals surface area (Å²) in [6, 6.07) is 7.75. The van der Waals surface area contributed by atoms with Crippen LogP contribution in [0.1, 0.15) is 37.8 Å². The molecule has 0 aromatic heterocycles.